The highest BCUT2D eigenvalue weighted by atomic mass is 16.5. The number of esters is 1. The van der Waals surface area contributed by atoms with Gasteiger partial charge in [0.15, 0.2) is 0 Å². The standard InChI is InChI=1S/C15H17NO3/c1-10-7-8-13(12(9-10)15(18)19-2)16-14(17)11-5-3-4-6-11/h3-4,7-9,11H,5-6H2,1-2H3,(H,16,17). The van der Waals surface area contributed by atoms with Gasteiger partial charge in [-0.3, -0.25) is 4.79 Å². The van der Waals surface area contributed by atoms with E-state index in [2.05, 4.69) is 5.32 Å². The van der Waals surface area contributed by atoms with Gasteiger partial charge in [-0.15, -0.1) is 0 Å². The summed E-state index contributed by atoms with van der Waals surface area (Å²) in [7, 11) is 1.33. The van der Waals surface area contributed by atoms with Crippen molar-refractivity contribution in [3.8, 4) is 0 Å². The SMILES string of the molecule is COC(=O)c1cc(C)ccc1NC(=O)C1CC=CC1. The van der Waals surface area contributed by atoms with Crippen LogP contribution in [0.2, 0.25) is 0 Å². The van der Waals surface area contributed by atoms with Crippen molar-refractivity contribution in [2.24, 2.45) is 5.92 Å². The molecule has 0 saturated carbocycles. The Balaban J connectivity index is 2.19. The van der Waals surface area contributed by atoms with Crippen LogP contribution in [-0.4, -0.2) is 19.0 Å². The summed E-state index contributed by atoms with van der Waals surface area (Å²) in [5.41, 5.74) is 1.84. The fourth-order valence-electron chi connectivity index (χ4n) is 2.11. The fourth-order valence-corrected chi connectivity index (χ4v) is 2.11. The number of allylic oxidation sites excluding steroid dienone is 2. The summed E-state index contributed by atoms with van der Waals surface area (Å²) >= 11 is 0. The van der Waals surface area contributed by atoms with Crippen LogP contribution in [0.4, 0.5) is 5.69 Å². The lowest BCUT2D eigenvalue weighted by Gasteiger charge is -2.13. The molecule has 19 heavy (non-hydrogen) atoms. The zero-order valence-electron chi connectivity index (χ0n) is 11.1. The van der Waals surface area contributed by atoms with Gasteiger partial charge in [-0.2, -0.15) is 0 Å². The van der Waals surface area contributed by atoms with Gasteiger partial charge in [0, 0.05) is 5.92 Å². The molecule has 1 aromatic rings. The highest BCUT2D eigenvalue weighted by Gasteiger charge is 2.21. The highest BCUT2D eigenvalue weighted by Crippen LogP contribution is 2.23. The minimum atomic E-state index is -0.441. The van der Waals surface area contributed by atoms with Crippen LogP contribution in [0.3, 0.4) is 0 Å². The molecule has 0 bridgehead atoms. The molecule has 0 unspecified atom stereocenters. The number of benzene rings is 1. The minimum Gasteiger partial charge on any atom is -0.465 e. The van der Waals surface area contributed by atoms with Gasteiger partial charge in [0.25, 0.3) is 0 Å². The number of anilines is 1. The Morgan fingerprint density at radius 2 is 1.95 bits per heavy atom. The Hall–Kier alpha value is -2.10. The molecule has 100 valence electrons. The van der Waals surface area contributed by atoms with Crippen molar-refractivity contribution in [3.63, 3.8) is 0 Å². The molecule has 0 radical (unpaired) electrons. The van der Waals surface area contributed by atoms with E-state index in [1.54, 1.807) is 12.1 Å². The third-order valence-electron chi connectivity index (χ3n) is 3.22. The molecule has 0 saturated heterocycles. The smallest absolute Gasteiger partial charge is 0.339 e. The van der Waals surface area contributed by atoms with E-state index in [9.17, 15) is 9.59 Å². The van der Waals surface area contributed by atoms with Gasteiger partial charge >= 0.3 is 5.97 Å². The van der Waals surface area contributed by atoms with Crippen molar-refractivity contribution in [3.05, 3.63) is 41.5 Å². The number of rotatable bonds is 3. The van der Waals surface area contributed by atoms with E-state index in [0.29, 0.717) is 11.3 Å². The van der Waals surface area contributed by atoms with Crippen LogP contribution < -0.4 is 5.32 Å². The van der Waals surface area contributed by atoms with Gasteiger partial charge in [0.2, 0.25) is 5.91 Å². The van der Waals surface area contributed by atoms with Crippen LogP contribution >= 0.6 is 0 Å². The van der Waals surface area contributed by atoms with Crippen LogP contribution in [0.15, 0.2) is 30.4 Å². The number of amides is 1. The van der Waals surface area contributed by atoms with Crippen LogP contribution in [0.25, 0.3) is 0 Å². The van der Waals surface area contributed by atoms with Crippen molar-refractivity contribution in [2.45, 2.75) is 19.8 Å². The zero-order valence-corrected chi connectivity index (χ0v) is 11.1. The van der Waals surface area contributed by atoms with E-state index in [4.69, 9.17) is 4.74 Å². The van der Waals surface area contributed by atoms with Crippen molar-refractivity contribution in [1.29, 1.82) is 0 Å². The van der Waals surface area contributed by atoms with Crippen molar-refractivity contribution < 1.29 is 14.3 Å². The maximum Gasteiger partial charge on any atom is 0.339 e. The Morgan fingerprint density at radius 1 is 1.26 bits per heavy atom. The molecule has 4 heteroatoms. The molecule has 1 aliphatic rings. The quantitative estimate of drug-likeness (QED) is 0.670. The molecule has 2 rings (SSSR count). The summed E-state index contributed by atoms with van der Waals surface area (Å²) in [5, 5.41) is 2.82. The summed E-state index contributed by atoms with van der Waals surface area (Å²) in [5.74, 6) is -0.533. The Labute approximate surface area is 112 Å². The lowest BCUT2D eigenvalue weighted by molar-refractivity contribution is -0.119. The minimum absolute atomic E-state index is 0.0354. The van der Waals surface area contributed by atoms with Gasteiger partial charge < -0.3 is 10.1 Å². The van der Waals surface area contributed by atoms with Crippen LogP contribution in [0.1, 0.15) is 28.8 Å². The number of methoxy groups -OCH3 is 1. The lowest BCUT2D eigenvalue weighted by atomic mass is 10.1. The van der Waals surface area contributed by atoms with Crippen LogP contribution in [-0.2, 0) is 9.53 Å². The second-order valence-corrected chi connectivity index (χ2v) is 4.67. The van der Waals surface area contributed by atoms with E-state index in [0.717, 1.165) is 18.4 Å². The predicted octanol–water partition coefficient (Wildman–Crippen LogP) is 2.69. The molecule has 0 spiro atoms. The molecular weight excluding hydrogens is 242 g/mol. The Morgan fingerprint density at radius 3 is 2.58 bits per heavy atom. The van der Waals surface area contributed by atoms with E-state index in [1.165, 1.54) is 7.11 Å². The number of carbonyl (C=O) groups is 2. The van der Waals surface area contributed by atoms with Crippen molar-refractivity contribution in [2.75, 3.05) is 12.4 Å². The first-order chi connectivity index (χ1) is 9.11. The van der Waals surface area contributed by atoms with Gasteiger partial charge in [-0.25, -0.2) is 4.79 Å². The maximum absolute atomic E-state index is 12.1. The molecule has 1 amide bonds. The van der Waals surface area contributed by atoms with Crippen LogP contribution in [0, 0.1) is 12.8 Å². The summed E-state index contributed by atoms with van der Waals surface area (Å²) in [4.78, 5) is 23.8. The monoisotopic (exact) mass is 259 g/mol. The normalized spacial score (nSPS) is 14.4. The van der Waals surface area contributed by atoms with E-state index in [1.807, 2.05) is 25.1 Å². The average molecular weight is 259 g/mol. The molecule has 4 nitrogen and oxygen atoms in total. The lowest BCUT2D eigenvalue weighted by Crippen LogP contribution is -2.22. The summed E-state index contributed by atoms with van der Waals surface area (Å²) < 4.78 is 4.74. The van der Waals surface area contributed by atoms with E-state index in [-0.39, 0.29) is 11.8 Å². The van der Waals surface area contributed by atoms with E-state index < -0.39 is 5.97 Å². The first kappa shape index (κ1) is 13.3. The largest absolute Gasteiger partial charge is 0.465 e. The fraction of sp³-hybridized carbons (Fsp3) is 0.333. The Kier molecular flexibility index (Phi) is 4.00. The predicted molar refractivity (Wildman–Crippen MR) is 73.0 cm³/mol. The number of aryl methyl sites for hydroxylation is 1. The molecule has 0 aromatic heterocycles. The first-order valence-electron chi connectivity index (χ1n) is 6.26. The van der Waals surface area contributed by atoms with Gasteiger partial charge in [-0.05, 0) is 31.9 Å². The molecule has 0 atom stereocenters. The maximum atomic E-state index is 12.1. The second kappa shape index (κ2) is 5.69. The van der Waals surface area contributed by atoms with Gasteiger partial charge in [0.05, 0.1) is 18.4 Å². The molecule has 0 fully saturated rings. The topological polar surface area (TPSA) is 55.4 Å². The number of ether oxygens (including phenoxy) is 1. The first-order valence-corrected chi connectivity index (χ1v) is 6.26. The van der Waals surface area contributed by atoms with Crippen molar-refractivity contribution in [1.82, 2.24) is 0 Å². The molecule has 1 aliphatic carbocycles. The number of hydrogen-bond acceptors (Lipinski definition) is 3. The Bertz CT molecular complexity index is 526. The zero-order chi connectivity index (χ0) is 13.8. The second-order valence-electron chi connectivity index (χ2n) is 4.67. The number of nitrogens with one attached hydrogen (secondary N) is 1. The van der Waals surface area contributed by atoms with Gasteiger partial charge in [0.1, 0.15) is 0 Å². The number of hydrogen-bond donors (Lipinski definition) is 1. The molecule has 1 aromatic carbocycles. The summed E-state index contributed by atoms with van der Waals surface area (Å²) in [6.07, 6.45) is 5.51. The average Bonchev–Trinajstić information content (AvgIpc) is 2.94. The molecular formula is C15H17NO3. The summed E-state index contributed by atoms with van der Waals surface area (Å²) in [6, 6.07) is 5.31. The third-order valence-corrected chi connectivity index (χ3v) is 3.22. The van der Waals surface area contributed by atoms with E-state index >= 15 is 0 Å². The summed E-state index contributed by atoms with van der Waals surface area (Å²) in [6.45, 7) is 1.89. The third kappa shape index (κ3) is 3.02. The highest BCUT2D eigenvalue weighted by molar-refractivity contribution is 6.02. The molecule has 1 N–H and O–H groups in total. The number of carbonyl (C=O) groups excluding carboxylic acids is 2. The van der Waals surface area contributed by atoms with Crippen molar-refractivity contribution >= 4 is 17.6 Å². The van der Waals surface area contributed by atoms with Gasteiger partial charge in [-0.1, -0.05) is 23.8 Å². The molecule has 0 heterocycles. The molecule has 0 aliphatic heterocycles. The van der Waals surface area contributed by atoms with Crippen LogP contribution in [0.5, 0.6) is 0 Å².